The molecule has 0 fully saturated rings. The monoisotopic (exact) mass is 497 g/mol. The normalized spacial score (nSPS) is 11.7. The van der Waals surface area contributed by atoms with Crippen molar-refractivity contribution in [1.82, 2.24) is 4.98 Å². The number of carbonyl (C=O) groups excluding carboxylic acids is 1. The van der Waals surface area contributed by atoms with Gasteiger partial charge in [-0.15, -0.1) is 22.7 Å². The number of nitrogens with one attached hydrogen (secondary N) is 1. The van der Waals surface area contributed by atoms with Gasteiger partial charge in [0.1, 0.15) is 0 Å². The quantitative estimate of drug-likeness (QED) is 0.501. The third-order valence-electron chi connectivity index (χ3n) is 3.75. The second-order valence-corrected chi connectivity index (χ2v) is 11.1. The zero-order valence-electron chi connectivity index (χ0n) is 14.9. The van der Waals surface area contributed by atoms with E-state index in [0.29, 0.717) is 16.5 Å². The summed E-state index contributed by atoms with van der Waals surface area (Å²) in [5.41, 5.74) is 2.11. The molecule has 0 radical (unpaired) electrons. The van der Waals surface area contributed by atoms with Gasteiger partial charge in [0.05, 0.1) is 21.4 Å². The lowest BCUT2D eigenvalue weighted by Gasteiger charge is -2.16. The molecule has 0 spiro atoms. The zero-order chi connectivity index (χ0) is 20.3. The van der Waals surface area contributed by atoms with Crippen LogP contribution in [0.25, 0.3) is 17.3 Å². The van der Waals surface area contributed by atoms with E-state index in [1.807, 2.05) is 17.5 Å². The van der Waals surface area contributed by atoms with Gasteiger partial charge in [0.2, 0.25) is 15.9 Å². The van der Waals surface area contributed by atoms with Gasteiger partial charge in [-0.2, -0.15) is 0 Å². The topological polar surface area (TPSA) is 79.4 Å². The number of benzene rings is 1. The van der Waals surface area contributed by atoms with Gasteiger partial charge in [-0.3, -0.25) is 14.4 Å². The molecule has 1 aromatic carbocycles. The molecule has 0 saturated heterocycles. The fourth-order valence-electron chi connectivity index (χ4n) is 2.22. The van der Waals surface area contributed by atoms with Crippen molar-refractivity contribution in [2.45, 2.75) is 0 Å². The van der Waals surface area contributed by atoms with Gasteiger partial charge >= 0.3 is 0 Å². The molecule has 146 valence electrons. The molecule has 0 aliphatic carbocycles. The molecule has 0 unspecified atom stereocenters. The molecule has 3 rings (SSSR count). The number of aromatic nitrogens is 1. The zero-order valence-corrected chi connectivity index (χ0v) is 19.0. The number of rotatable bonds is 6. The average molecular weight is 498 g/mol. The molecular formula is C18H16BrN3O3S3. The van der Waals surface area contributed by atoms with Crippen molar-refractivity contribution >= 4 is 71.4 Å². The molecule has 1 amide bonds. The van der Waals surface area contributed by atoms with E-state index in [1.165, 1.54) is 40.1 Å². The van der Waals surface area contributed by atoms with E-state index in [4.69, 9.17) is 0 Å². The molecule has 3 aromatic rings. The third-order valence-corrected chi connectivity index (χ3v) is 7.30. The van der Waals surface area contributed by atoms with E-state index < -0.39 is 10.0 Å². The number of hydrogen-bond donors (Lipinski definition) is 1. The van der Waals surface area contributed by atoms with Crippen LogP contribution in [0.15, 0.2) is 51.6 Å². The van der Waals surface area contributed by atoms with E-state index in [9.17, 15) is 13.2 Å². The highest BCUT2D eigenvalue weighted by Crippen LogP contribution is 2.27. The van der Waals surface area contributed by atoms with Crippen molar-refractivity contribution in [3.05, 3.63) is 56.5 Å². The number of thiazole rings is 1. The van der Waals surface area contributed by atoms with Gasteiger partial charge in [-0.05, 0) is 46.3 Å². The van der Waals surface area contributed by atoms with E-state index >= 15 is 0 Å². The van der Waals surface area contributed by atoms with E-state index in [0.717, 1.165) is 20.5 Å². The van der Waals surface area contributed by atoms with Gasteiger partial charge in [0, 0.05) is 28.9 Å². The molecule has 28 heavy (non-hydrogen) atoms. The Balaban J connectivity index is 1.66. The Morgan fingerprint density at radius 3 is 2.54 bits per heavy atom. The van der Waals surface area contributed by atoms with E-state index in [2.05, 4.69) is 26.2 Å². The summed E-state index contributed by atoms with van der Waals surface area (Å²) in [7, 11) is -1.80. The van der Waals surface area contributed by atoms with Crippen LogP contribution in [0.4, 0.5) is 10.8 Å². The van der Waals surface area contributed by atoms with Gasteiger partial charge in [0.25, 0.3) is 0 Å². The highest BCUT2D eigenvalue weighted by atomic mass is 79.9. The van der Waals surface area contributed by atoms with Crippen LogP contribution in [-0.4, -0.2) is 32.6 Å². The first-order chi connectivity index (χ1) is 13.2. The van der Waals surface area contributed by atoms with Crippen molar-refractivity contribution in [1.29, 1.82) is 0 Å². The molecule has 2 heterocycles. The molecule has 0 aliphatic rings. The lowest BCUT2D eigenvalue weighted by molar-refractivity contribution is -0.111. The minimum Gasteiger partial charge on any atom is -0.298 e. The van der Waals surface area contributed by atoms with Crippen LogP contribution >= 0.6 is 38.6 Å². The van der Waals surface area contributed by atoms with Crippen LogP contribution in [-0.2, 0) is 14.8 Å². The molecule has 0 aliphatic heterocycles. The fraction of sp³-hybridized carbons (Fsp3) is 0.111. The van der Waals surface area contributed by atoms with Crippen molar-refractivity contribution in [2.75, 3.05) is 22.9 Å². The number of sulfonamides is 1. The minimum atomic E-state index is -3.30. The van der Waals surface area contributed by atoms with Crippen LogP contribution in [0.5, 0.6) is 0 Å². The lowest BCUT2D eigenvalue weighted by atomic mass is 10.1. The van der Waals surface area contributed by atoms with Crippen LogP contribution in [0.2, 0.25) is 0 Å². The standard InChI is InChI=1S/C18H16BrN3O3S3/c1-22(28(2,24)25)13-5-3-12(4-6-13)15-11-26-18(20-15)21-17(23)10-8-14-7-9-16(19)27-14/h3-11H,1-2H3,(H,20,21,23)/b10-8+. The number of thiophene rings is 1. The molecule has 2 aromatic heterocycles. The smallest absolute Gasteiger partial charge is 0.250 e. The summed E-state index contributed by atoms with van der Waals surface area (Å²) in [6, 6.07) is 10.9. The Bertz CT molecular complexity index is 1120. The lowest BCUT2D eigenvalue weighted by Crippen LogP contribution is -2.24. The minimum absolute atomic E-state index is 0.254. The van der Waals surface area contributed by atoms with Crippen molar-refractivity contribution in [3.63, 3.8) is 0 Å². The Morgan fingerprint density at radius 1 is 1.21 bits per heavy atom. The predicted molar refractivity (Wildman–Crippen MR) is 120 cm³/mol. The van der Waals surface area contributed by atoms with Crippen LogP contribution in [0, 0.1) is 0 Å². The van der Waals surface area contributed by atoms with Crippen LogP contribution in [0.1, 0.15) is 4.88 Å². The molecular weight excluding hydrogens is 482 g/mol. The summed E-state index contributed by atoms with van der Waals surface area (Å²) in [5.74, 6) is -0.254. The highest BCUT2D eigenvalue weighted by Gasteiger charge is 2.12. The predicted octanol–water partition coefficient (Wildman–Crippen LogP) is 4.68. The largest absolute Gasteiger partial charge is 0.298 e. The number of halogens is 1. The number of amides is 1. The second kappa shape index (κ2) is 8.56. The summed E-state index contributed by atoms with van der Waals surface area (Å²) >= 11 is 6.25. The molecule has 0 bridgehead atoms. The summed E-state index contributed by atoms with van der Waals surface area (Å²) in [5, 5.41) is 5.08. The van der Waals surface area contributed by atoms with E-state index in [1.54, 1.807) is 30.3 Å². The summed E-state index contributed by atoms with van der Waals surface area (Å²) in [6.45, 7) is 0. The van der Waals surface area contributed by atoms with Gasteiger partial charge in [0.15, 0.2) is 5.13 Å². The van der Waals surface area contributed by atoms with Crippen molar-refractivity contribution in [2.24, 2.45) is 0 Å². The number of anilines is 2. The van der Waals surface area contributed by atoms with Crippen LogP contribution in [0.3, 0.4) is 0 Å². The maximum atomic E-state index is 12.1. The average Bonchev–Trinajstić information content (AvgIpc) is 3.28. The fourth-order valence-corrected chi connectivity index (χ4v) is 4.77. The maximum absolute atomic E-state index is 12.1. The summed E-state index contributed by atoms with van der Waals surface area (Å²) in [6.07, 6.45) is 4.37. The van der Waals surface area contributed by atoms with Crippen molar-refractivity contribution < 1.29 is 13.2 Å². The first-order valence-corrected chi connectivity index (χ1v) is 12.3. The van der Waals surface area contributed by atoms with Gasteiger partial charge in [-0.1, -0.05) is 12.1 Å². The molecule has 1 N–H and O–H groups in total. The first-order valence-electron chi connectivity index (χ1n) is 7.96. The molecule has 0 atom stereocenters. The molecule has 0 saturated carbocycles. The number of carbonyl (C=O) groups is 1. The van der Waals surface area contributed by atoms with Crippen molar-refractivity contribution in [3.8, 4) is 11.3 Å². The Hall–Kier alpha value is -2.01. The Labute approximate surface area is 179 Å². The van der Waals surface area contributed by atoms with Gasteiger partial charge < -0.3 is 0 Å². The Kier molecular flexibility index (Phi) is 6.33. The number of hydrogen-bond acceptors (Lipinski definition) is 6. The van der Waals surface area contributed by atoms with Gasteiger partial charge in [-0.25, -0.2) is 13.4 Å². The SMILES string of the molecule is CN(c1ccc(-c2csc(NC(=O)/C=C/c3ccc(Br)s3)n2)cc1)S(C)(=O)=O. The molecule has 10 heteroatoms. The van der Waals surface area contributed by atoms with Crippen LogP contribution < -0.4 is 9.62 Å². The van der Waals surface area contributed by atoms with E-state index in [-0.39, 0.29) is 5.91 Å². The molecule has 6 nitrogen and oxygen atoms in total. The number of nitrogens with zero attached hydrogens (tertiary/aromatic N) is 2. The summed E-state index contributed by atoms with van der Waals surface area (Å²) in [4.78, 5) is 17.4. The highest BCUT2D eigenvalue weighted by molar-refractivity contribution is 9.11. The second-order valence-electron chi connectivity index (χ2n) is 5.78. The third kappa shape index (κ3) is 5.28. The first kappa shape index (κ1) is 20.7. The summed E-state index contributed by atoms with van der Waals surface area (Å²) < 4.78 is 25.4. The maximum Gasteiger partial charge on any atom is 0.250 e. The Morgan fingerprint density at radius 2 is 1.93 bits per heavy atom.